The topological polar surface area (TPSA) is 73.8 Å². The zero-order valence-corrected chi connectivity index (χ0v) is 25.0. The molecule has 2 heterocycles. The fourth-order valence-corrected chi connectivity index (χ4v) is 5.71. The molecule has 41 heavy (non-hydrogen) atoms. The molecule has 0 saturated carbocycles. The Balaban J connectivity index is 1.52. The molecule has 1 aliphatic heterocycles. The van der Waals surface area contributed by atoms with E-state index >= 15 is 0 Å². The van der Waals surface area contributed by atoms with Crippen LogP contribution in [0.2, 0.25) is 0 Å². The fourth-order valence-electron chi connectivity index (χ4n) is 4.75. The van der Waals surface area contributed by atoms with Gasteiger partial charge in [0.05, 0.1) is 18.8 Å². The molecule has 1 fully saturated rings. The minimum absolute atomic E-state index is 0.124. The summed E-state index contributed by atoms with van der Waals surface area (Å²) in [6.45, 7) is 10.9. The van der Waals surface area contributed by atoms with Crippen LogP contribution in [-0.2, 0) is 27.6 Å². The Morgan fingerprint density at radius 2 is 1.76 bits per heavy atom. The van der Waals surface area contributed by atoms with Crippen LogP contribution in [0.3, 0.4) is 0 Å². The molecule has 0 unspecified atom stereocenters. The van der Waals surface area contributed by atoms with E-state index in [1.54, 1.807) is 47.6 Å². The Morgan fingerprint density at radius 3 is 2.41 bits per heavy atom. The first-order chi connectivity index (χ1) is 19.1. The van der Waals surface area contributed by atoms with Gasteiger partial charge in [-0.3, -0.25) is 4.90 Å². The molecule has 11 heteroatoms. The second kappa shape index (κ2) is 11.6. The number of nitrogens with zero attached hydrogens (tertiary/aromatic N) is 3. The van der Waals surface area contributed by atoms with E-state index in [2.05, 4.69) is 10.2 Å². The predicted octanol–water partition coefficient (Wildman–Crippen LogP) is 7.84. The van der Waals surface area contributed by atoms with Crippen molar-refractivity contribution in [3.05, 3.63) is 64.7 Å². The highest BCUT2D eigenvalue weighted by Crippen LogP contribution is 2.45. The number of carbonyl (C=O) groups is 1. The molecule has 1 atom stereocenters. The van der Waals surface area contributed by atoms with Crippen LogP contribution in [0, 0.1) is 0 Å². The van der Waals surface area contributed by atoms with Crippen molar-refractivity contribution in [2.45, 2.75) is 83.8 Å². The lowest BCUT2D eigenvalue weighted by atomic mass is 10.0. The molecule has 1 aromatic heterocycles. The number of amides is 1. The predicted molar refractivity (Wildman–Crippen MR) is 151 cm³/mol. The van der Waals surface area contributed by atoms with E-state index in [9.17, 15) is 18.0 Å². The van der Waals surface area contributed by atoms with Gasteiger partial charge in [-0.2, -0.15) is 13.2 Å². The zero-order chi connectivity index (χ0) is 30.1. The first-order valence-electron chi connectivity index (χ1n) is 13.5. The van der Waals surface area contributed by atoms with Crippen LogP contribution in [0.1, 0.15) is 70.5 Å². The summed E-state index contributed by atoms with van der Waals surface area (Å²) in [6, 6.07) is 13.8. The highest BCUT2D eigenvalue weighted by Gasteiger charge is 2.55. The standard InChI is InChI=1S/C30H36F3N3O4S/c1-27(2,3)40-26(37)36-28(4,5)39-19-29(36,6)25-35-34-24(41-25)21-15-16-23(22(18-21)30(31,32)33)38-17-11-10-14-20-12-8-7-9-13-20/h7-9,12-13,15-16,18H,10-11,14,17,19H2,1-6H3/t29-/m0/s1. The maximum atomic E-state index is 14.0. The number of unbranched alkanes of at least 4 members (excludes halogenated alkanes) is 1. The third-order valence-electron chi connectivity index (χ3n) is 6.69. The second-order valence-corrected chi connectivity index (χ2v) is 12.7. The first-order valence-corrected chi connectivity index (χ1v) is 14.3. The van der Waals surface area contributed by atoms with Gasteiger partial charge in [0.15, 0.2) is 0 Å². The zero-order valence-electron chi connectivity index (χ0n) is 24.2. The smallest absolute Gasteiger partial charge is 0.419 e. The lowest BCUT2D eigenvalue weighted by molar-refractivity contribution is -0.138. The van der Waals surface area contributed by atoms with Crippen molar-refractivity contribution in [3.8, 4) is 16.3 Å². The van der Waals surface area contributed by atoms with Crippen molar-refractivity contribution >= 4 is 17.4 Å². The van der Waals surface area contributed by atoms with Crippen molar-refractivity contribution < 1.29 is 32.2 Å². The van der Waals surface area contributed by atoms with Crippen LogP contribution in [0.15, 0.2) is 48.5 Å². The van der Waals surface area contributed by atoms with Gasteiger partial charge in [-0.25, -0.2) is 4.79 Å². The number of alkyl halides is 3. The van der Waals surface area contributed by atoms with Crippen LogP contribution in [-0.4, -0.2) is 45.7 Å². The quantitative estimate of drug-likeness (QED) is 0.249. The molecule has 0 N–H and O–H groups in total. The molecule has 0 bridgehead atoms. The molecule has 4 rings (SSSR count). The summed E-state index contributed by atoms with van der Waals surface area (Å²) in [5.74, 6) is -0.222. The number of hydrogen-bond donors (Lipinski definition) is 0. The Labute approximate surface area is 242 Å². The van der Waals surface area contributed by atoms with E-state index < -0.39 is 34.7 Å². The first kappa shape index (κ1) is 30.8. The third kappa shape index (κ3) is 7.19. The molecule has 1 aliphatic rings. The minimum Gasteiger partial charge on any atom is -0.493 e. The number of carbonyl (C=O) groups excluding carboxylic acids is 1. The Morgan fingerprint density at radius 1 is 1.05 bits per heavy atom. The summed E-state index contributed by atoms with van der Waals surface area (Å²) in [5, 5.41) is 9.18. The van der Waals surface area contributed by atoms with Crippen molar-refractivity contribution in [2.24, 2.45) is 0 Å². The van der Waals surface area contributed by atoms with E-state index in [-0.39, 0.29) is 29.5 Å². The summed E-state index contributed by atoms with van der Waals surface area (Å²) in [5.41, 5.74) is -2.20. The lowest BCUT2D eigenvalue weighted by Gasteiger charge is -2.39. The molecule has 1 saturated heterocycles. The van der Waals surface area contributed by atoms with E-state index in [1.807, 2.05) is 30.3 Å². The van der Waals surface area contributed by atoms with Crippen LogP contribution < -0.4 is 4.74 Å². The highest BCUT2D eigenvalue weighted by molar-refractivity contribution is 7.14. The Bertz CT molecular complexity index is 1360. The van der Waals surface area contributed by atoms with E-state index in [0.717, 1.165) is 30.2 Å². The summed E-state index contributed by atoms with van der Waals surface area (Å²) in [4.78, 5) is 14.7. The van der Waals surface area contributed by atoms with Crippen LogP contribution in [0.25, 0.3) is 10.6 Å². The molecule has 0 aliphatic carbocycles. The molecule has 7 nitrogen and oxygen atoms in total. The number of rotatable bonds is 8. The lowest BCUT2D eigenvalue weighted by Crippen LogP contribution is -2.54. The average Bonchev–Trinajstić information content (AvgIpc) is 3.46. The van der Waals surface area contributed by atoms with E-state index in [4.69, 9.17) is 14.2 Å². The molecular formula is C30H36F3N3O4S. The maximum absolute atomic E-state index is 14.0. The minimum atomic E-state index is -4.62. The fraction of sp³-hybridized carbons (Fsp3) is 0.500. The van der Waals surface area contributed by atoms with Gasteiger partial charge in [-0.05, 0) is 84.6 Å². The molecule has 1 amide bonds. The van der Waals surface area contributed by atoms with Gasteiger partial charge in [-0.15, -0.1) is 10.2 Å². The summed E-state index contributed by atoms with van der Waals surface area (Å²) in [6.07, 6.45) is -2.94. The van der Waals surface area contributed by atoms with Gasteiger partial charge in [-0.1, -0.05) is 41.7 Å². The molecule has 0 spiro atoms. The Hall–Kier alpha value is -3.18. The van der Waals surface area contributed by atoms with Gasteiger partial charge in [0.25, 0.3) is 0 Å². The molecule has 2 aromatic carbocycles. The number of benzene rings is 2. The molecule has 3 aromatic rings. The van der Waals surface area contributed by atoms with Crippen molar-refractivity contribution in [2.75, 3.05) is 13.2 Å². The summed E-state index contributed by atoms with van der Waals surface area (Å²) in [7, 11) is 0. The van der Waals surface area contributed by atoms with Crippen LogP contribution >= 0.6 is 11.3 Å². The van der Waals surface area contributed by atoms with E-state index in [1.165, 1.54) is 16.5 Å². The molecule has 222 valence electrons. The molecule has 0 radical (unpaired) electrons. The molecular weight excluding hydrogens is 555 g/mol. The summed E-state index contributed by atoms with van der Waals surface area (Å²) < 4.78 is 59.2. The number of halogens is 3. The SMILES string of the molecule is CC(C)(C)OC(=O)N1C(C)(C)OC[C@@]1(C)c1nnc(-c2ccc(OCCCCc3ccccc3)c(C(F)(F)F)c2)s1. The normalized spacial score (nSPS) is 18.9. The Kier molecular flexibility index (Phi) is 8.71. The van der Waals surface area contributed by atoms with Gasteiger partial charge >= 0.3 is 12.3 Å². The monoisotopic (exact) mass is 591 g/mol. The van der Waals surface area contributed by atoms with Gasteiger partial charge in [0.1, 0.15) is 32.6 Å². The number of aromatic nitrogens is 2. The number of aryl methyl sites for hydroxylation is 1. The van der Waals surface area contributed by atoms with Gasteiger partial charge < -0.3 is 14.2 Å². The third-order valence-corrected chi connectivity index (χ3v) is 7.92. The van der Waals surface area contributed by atoms with Crippen LogP contribution in [0.4, 0.5) is 18.0 Å². The van der Waals surface area contributed by atoms with Crippen molar-refractivity contribution in [3.63, 3.8) is 0 Å². The van der Waals surface area contributed by atoms with Gasteiger partial charge in [0, 0.05) is 5.56 Å². The highest BCUT2D eigenvalue weighted by atomic mass is 32.1. The number of ether oxygens (including phenoxy) is 3. The van der Waals surface area contributed by atoms with E-state index in [0.29, 0.717) is 11.4 Å². The van der Waals surface area contributed by atoms with Crippen molar-refractivity contribution in [1.82, 2.24) is 15.1 Å². The van der Waals surface area contributed by atoms with Gasteiger partial charge in [0.2, 0.25) is 0 Å². The largest absolute Gasteiger partial charge is 0.493 e. The summed E-state index contributed by atoms with van der Waals surface area (Å²) >= 11 is 1.11. The second-order valence-electron chi connectivity index (χ2n) is 11.7. The van der Waals surface area contributed by atoms with Crippen LogP contribution in [0.5, 0.6) is 5.75 Å². The maximum Gasteiger partial charge on any atom is 0.419 e. The average molecular weight is 592 g/mol. The van der Waals surface area contributed by atoms with Crippen molar-refractivity contribution in [1.29, 1.82) is 0 Å². The number of hydrogen-bond acceptors (Lipinski definition) is 7.